The fourth-order valence-electron chi connectivity index (χ4n) is 5.16. The second kappa shape index (κ2) is 33.2. The molecule has 0 saturated carbocycles. The minimum Gasteiger partial charge on any atom is -0.477 e. The fraction of sp³-hybridized carbons (Fsp3) is 0.690. The standard InChI is InChI=1S/C42H71NO7/c1-6-8-10-12-14-16-18-19-20-21-23-24-26-28-30-32-40(44)49-37-38(36-48-35-34-39(42(46)47)43(3,4)5)50-41(45)33-31-29-27-25-22-17-15-13-11-9-7-2/h9,11,14-19,25,27,38-39H,6-8,10,12-13,20-24,26,28-37H2,1-5H3/p+1/b11-9+,16-14+,17-15+,19-18+,27-25+. The Balaban J connectivity index is 4.49. The van der Waals surface area contributed by atoms with Gasteiger partial charge in [-0.25, -0.2) is 4.79 Å². The van der Waals surface area contributed by atoms with Crippen LogP contribution >= 0.6 is 0 Å². The zero-order chi connectivity index (χ0) is 37.1. The summed E-state index contributed by atoms with van der Waals surface area (Å²) in [5.41, 5.74) is 0. The van der Waals surface area contributed by atoms with Crippen LogP contribution in [0.1, 0.15) is 136 Å². The van der Waals surface area contributed by atoms with Crippen LogP contribution in [0.25, 0.3) is 0 Å². The van der Waals surface area contributed by atoms with E-state index in [0.717, 1.165) is 64.2 Å². The van der Waals surface area contributed by atoms with Gasteiger partial charge >= 0.3 is 17.9 Å². The number of carboxylic acid groups (broad SMARTS) is 1. The lowest BCUT2D eigenvalue weighted by atomic mass is 10.1. The molecule has 50 heavy (non-hydrogen) atoms. The SMILES string of the molecule is CC/C=C/C/C=C/C/C=C/CCCC(=O)OC(COCCC(C(=O)O)[N+](C)(C)C)COC(=O)CCCCCCCC/C=C/C=C/CCCCC. The van der Waals surface area contributed by atoms with Gasteiger partial charge in [0.05, 0.1) is 34.4 Å². The van der Waals surface area contributed by atoms with Crippen molar-refractivity contribution in [1.29, 1.82) is 0 Å². The monoisotopic (exact) mass is 703 g/mol. The molecular weight excluding hydrogens is 630 g/mol. The zero-order valence-electron chi connectivity index (χ0n) is 32.3. The first-order valence-corrected chi connectivity index (χ1v) is 19.3. The van der Waals surface area contributed by atoms with Crippen molar-refractivity contribution in [3.8, 4) is 0 Å². The number of quaternary nitrogens is 1. The van der Waals surface area contributed by atoms with Gasteiger partial charge in [0.25, 0.3) is 0 Å². The minimum atomic E-state index is -0.888. The van der Waals surface area contributed by atoms with Gasteiger partial charge in [0, 0.05) is 19.3 Å². The second-order valence-corrected chi connectivity index (χ2v) is 13.8. The van der Waals surface area contributed by atoms with Gasteiger partial charge < -0.3 is 23.8 Å². The number of unbranched alkanes of at least 4 members (excludes halogenated alkanes) is 10. The van der Waals surface area contributed by atoms with Crippen molar-refractivity contribution in [2.75, 3.05) is 41.0 Å². The summed E-state index contributed by atoms with van der Waals surface area (Å²) < 4.78 is 17.1. The number of carboxylic acids is 1. The van der Waals surface area contributed by atoms with Gasteiger partial charge in [-0.3, -0.25) is 9.59 Å². The Kier molecular flexibility index (Phi) is 31.2. The number of carbonyl (C=O) groups excluding carboxylic acids is 2. The molecule has 0 aromatic heterocycles. The highest BCUT2D eigenvalue weighted by atomic mass is 16.6. The summed E-state index contributed by atoms with van der Waals surface area (Å²) in [5, 5.41) is 9.58. The quantitative estimate of drug-likeness (QED) is 0.0239. The van der Waals surface area contributed by atoms with Gasteiger partial charge in [-0.05, 0) is 64.2 Å². The summed E-state index contributed by atoms with van der Waals surface area (Å²) >= 11 is 0. The third kappa shape index (κ3) is 31.0. The normalized spacial score (nSPS) is 13.7. The largest absolute Gasteiger partial charge is 0.477 e. The Morgan fingerprint density at radius 1 is 0.640 bits per heavy atom. The first-order valence-electron chi connectivity index (χ1n) is 19.3. The van der Waals surface area contributed by atoms with E-state index in [9.17, 15) is 19.5 Å². The number of likely N-dealkylation sites (N-methyl/N-ethyl adjacent to an activating group) is 1. The van der Waals surface area contributed by atoms with Crippen molar-refractivity contribution >= 4 is 17.9 Å². The highest BCUT2D eigenvalue weighted by Crippen LogP contribution is 2.12. The van der Waals surface area contributed by atoms with Crippen LogP contribution in [-0.4, -0.2) is 80.6 Å². The van der Waals surface area contributed by atoms with Crippen LogP contribution in [0, 0.1) is 0 Å². The molecule has 0 heterocycles. The fourth-order valence-corrected chi connectivity index (χ4v) is 5.16. The maximum atomic E-state index is 12.6. The van der Waals surface area contributed by atoms with Crippen LogP contribution in [0.3, 0.4) is 0 Å². The molecule has 0 aromatic rings. The van der Waals surface area contributed by atoms with Crippen molar-refractivity contribution in [2.24, 2.45) is 0 Å². The van der Waals surface area contributed by atoms with E-state index in [1.165, 1.54) is 32.1 Å². The predicted molar refractivity (Wildman–Crippen MR) is 206 cm³/mol. The molecule has 0 aliphatic rings. The van der Waals surface area contributed by atoms with Gasteiger partial charge in [0.15, 0.2) is 12.1 Å². The van der Waals surface area contributed by atoms with E-state index in [4.69, 9.17) is 14.2 Å². The maximum absolute atomic E-state index is 12.6. The van der Waals surface area contributed by atoms with Crippen molar-refractivity contribution in [1.82, 2.24) is 0 Å². The third-order valence-electron chi connectivity index (χ3n) is 8.18. The summed E-state index contributed by atoms with van der Waals surface area (Å²) in [7, 11) is 5.49. The van der Waals surface area contributed by atoms with Crippen LogP contribution in [0.15, 0.2) is 60.8 Å². The molecule has 0 saturated heterocycles. The van der Waals surface area contributed by atoms with Gasteiger partial charge in [-0.1, -0.05) is 113 Å². The number of nitrogens with zero attached hydrogens (tertiary/aromatic N) is 1. The molecule has 0 radical (unpaired) electrons. The van der Waals surface area contributed by atoms with E-state index < -0.39 is 18.1 Å². The number of hydrogen-bond donors (Lipinski definition) is 1. The Morgan fingerprint density at radius 2 is 1.20 bits per heavy atom. The van der Waals surface area contributed by atoms with Crippen molar-refractivity contribution < 1.29 is 38.2 Å². The second-order valence-electron chi connectivity index (χ2n) is 13.8. The lowest BCUT2D eigenvalue weighted by Crippen LogP contribution is -2.50. The topological polar surface area (TPSA) is 99.1 Å². The van der Waals surface area contributed by atoms with E-state index in [1.807, 2.05) is 21.1 Å². The molecule has 0 fully saturated rings. The molecule has 1 N–H and O–H groups in total. The van der Waals surface area contributed by atoms with Gasteiger partial charge in [0.1, 0.15) is 6.61 Å². The lowest BCUT2D eigenvalue weighted by Gasteiger charge is -2.31. The molecule has 0 spiro atoms. The predicted octanol–water partition coefficient (Wildman–Crippen LogP) is 9.85. The highest BCUT2D eigenvalue weighted by molar-refractivity contribution is 5.72. The molecule has 2 atom stereocenters. The first kappa shape index (κ1) is 47.0. The summed E-state index contributed by atoms with van der Waals surface area (Å²) in [5.74, 6) is -1.56. The minimum absolute atomic E-state index is 0.0343. The number of aliphatic carboxylic acids is 1. The number of allylic oxidation sites excluding steroid dienone is 10. The average molecular weight is 703 g/mol. The van der Waals surface area contributed by atoms with E-state index >= 15 is 0 Å². The summed E-state index contributed by atoms with van der Waals surface area (Å²) in [4.78, 5) is 36.7. The number of hydrogen-bond acceptors (Lipinski definition) is 6. The van der Waals surface area contributed by atoms with Crippen LogP contribution in [0.4, 0.5) is 0 Å². The molecule has 0 amide bonds. The first-order chi connectivity index (χ1) is 24.1. The number of esters is 2. The summed E-state index contributed by atoms with van der Waals surface area (Å²) in [6.07, 6.45) is 38.4. The van der Waals surface area contributed by atoms with Crippen LogP contribution in [-0.2, 0) is 28.6 Å². The molecule has 0 aromatic carbocycles. The average Bonchev–Trinajstić information content (AvgIpc) is 3.06. The molecule has 286 valence electrons. The Hall–Kier alpha value is -2.97. The molecule has 8 nitrogen and oxygen atoms in total. The Morgan fingerprint density at radius 3 is 1.82 bits per heavy atom. The van der Waals surface area contributed by atoms with Crippen molar-refractivity contribution in [3.05, 3.63) is 60.8 Å². The highest BCUT2D eigenvalue weighted by Gasteiger charge is 2.31. The maximum Gasteiger partial charge on any atom is 0.362 e. The summed E-state index contributed by atoms with van der Waals surface area (Å²) in [6, 6.07) is -0.626. The number of ether oxygens (including phenoxy) is 3. The smallest absolute Gasteiger partial charge is 0.362 e. The molecular formula is C42H72NO7+. The van der Waals surface area contributed by atoms with E-state index in [2.05, 4.69) is 74.6 Å². The molecule has 8 heteroatoms. The van der Waals surface area contributed by atoms with Crippen LogP contribution < -0.4 is 0 Å². The van der Waals surface area contributed by atoms with Crippen LogP contribution in [0.2, 0.25) is 0 Å². The Bertz CT molecular complexity index is 1010. The van der Waals surface area contributed by atoms with E-state index in [0.29, 0.717) is 19.3 Å². The van der Waals surface area contributed by atoms with E-state index in [-0.39, 0.29) is 42.7 Å². The van der Waals surface area contributed by atoms with E-state index in [1.54, 1.807) is 0 Å². The number of carbonyl (C=O) groups is 3. The van der Waals surface area contributed by atoms with Gasteiger partial charge in [-0.2, -0.15) is 0 Å². The van der Waals surface area contributed by atoms with Crippen LogP contribution in [0.5, 0.6) is 0 Å². The molecule has 0 bridgehead atoms. The zero-order valence-corrected chi connectivity index (χ0v) is 32.3. The summed E-state index contributed by atoms with van der Waals surface area (Å²) in [6.45, 7) is 4.49. The molecule has 0 aliphatic carbocycles. The Labute approximate surface area is 305 Å². The van der Waals surface area contributed by atoms with Gasteiger partial charge in [0.2, 0.25) is 0 Å². The molecule has 0 rings (SSSR count). The van der Waals surface area contributed by atoms with Crippen molar-refractivity contribution in [3.63, 3.8) is 0 Å². The van der Waals surface area contributed by atoms with Gasteiger partial charge in [-0.15, -0.1) is 0 Å². The third-order valence-corrected chi connectivity index (χ3v) is 8.18. The molecule has 0 aliphatic heterocycles. The lowest BCUT2D eigenvalue weighted by molar-refractivity contribution is -0.887. The molecule has 2 unspecified atom stereocenters. The number of rotatable bonds is 33. The van der Waals surface area contributed by atoms with Crippen molar-refractivity contribution in [2.45, 2.75) is 148 Å².